The lowest BCUT2D eigenvalue weighted by Crippen LogP contribution is -2.23. The largest absolute Gasteiger partial charge is 0.504 e. The summed E-state index contributed by atoms with van der Waals surface area (Å²) < 4.78 is 13.3. The van der Waals surface area contributed by atoms with Crippen molar-refractivity contribution in [1.29, 1.82) is 0 Å². The van der Waals surface area contributed by atoms with Crippen molar-refractivity contribution >= 4 is 15.9 Å². The van der Waals surface area contributed by atoms with Gasteiger partial charge in [0.1, 0.15) is 0 Å². The maximum absolute atomic E-state index is 13.0. The van der Waals surface area contributed by atoms with Crippen molar-refractivity contribution in [1.82, 2.24) is 0 Å². The van der Waals surface area contributed by atoms with Crippen LogP contribution in [-0.2, 0) is 5.41 Å². The predicted octanol–water partition coefficient (Wildman–Crippen LogP) is 2.27. The Kier molecular flexibility index (Phi) is 3.25. The number of hydrogen-bond donors (Lipinski definition) is 3. The maximum atomic E-state index is 13.0. The molecular formula is C10H12BrFO3. The summed E-state index contributed by atoms with van der Waals surface area (Å²) in [6, 6.07) is 1.06. The first-order valence-corrected chi connectivity index (χ1v) is 5.12. The van der Waals surface area contributed by atoms with Gasteiger partial charge in [0.2, 0.25) is 0 Å². The van der Waals surface area contributed by atoms with Gasteiger partial charge in [-0.1, -0.05) is 29.8 Å². The summed E-state index contributed by atoms with van der Waals surface area (Å²) in [5.74, 6) is -2.24. The van der Waals surface area contributed by atoms with E-state index in [1.165, 1.54) is 0 Å². The van der Waals surface area contributed by atoms with Gasteiger partial charge >= 0.3 is 0 Å². The molecule has 0 aliphatic rings. The molecule has 0 saturated carbocycles. The number of benzene rings is 1. The van der Waals surface area contributed by atoms with Gasteiger partial charge in [0.15, 0.2) is 17.3 Å². The third-order valence-corrected chi connectivity index (χ3v) is 2.88. The first-order chi connectivity index (χ1) is 6.81. The summed E-state index contributed by atoms with van der Waals surface area (Å²) in [4.78, 5) is 0. The van der Waals surface area contributed by atoms with Crippen molar-refractivity contribution in [3.8, 4) is 11.5 Å². The molecule has 0 atom stereocenters. The molecule has 3 N–H and O–H groups in total. The summed E-state index contributed by atoms with van der Waals surface area (Å²) in [5.41, 5.74) is -0.488. The van der Waals surface area contributed by atoms with E-state index in [0.717, 1.165) is 6.07 Å². The van der Waals surface area contributed by atoms with Gasteiger partial charge in [-0.3, -0.25) is 0 Å². The second-order valence-corrected chi connectivity index (χ2v) is 4.81. The molecule has 0 aromatic heterocycles. The molecule has 0 fully saturated rings. The van der Waals surface area contributed by atoms with Crippen LogP contribution in [0.3, 0.4) is 0 Å². The fourth-order valence-electron chi connectivity index (χ4n) is 1.32. The average molecular weight is 279 g/mol. The number of aromatic hydroxyl groups is 2. The Morgan fingerprint density at radius 3 is 2.33 bits per heavy atom. The lowest BCUT2D eigenvalue weighted by Gasteiger charge is -2.25. The molecule has 84 valence electrons. The summed E-state index contributed by atoms with van der Waals surface area (Å²) in [7, 11) is 0. The lowest BCUT2D eigenvalue weighted by molar-refractivity contribution is 0.213. The molecule has 3 nitrogen and oxygen atoms in total. The minimum absolute atomic E-state index is 0.232. The molecule has 1 rings (SSSR count). The molecular weight excluding hydrogens is 267 g/mol. The fourth-order valence-corrected chi connectivity index (χ4v) is 2.24. The van der Waals surface area contributed by atoms with E-state index in [9.17, 15) is 14.6 Å². The number of phenols is 2. The van der Waals surface area contributed by atoms with Crippen LogP contribution >= 0.6 is 15.9 Å². The molecule has 5 heteroatoms. The van der Waals surface area contributed by atoms with Gasteiger partial charge in [-0.25, -0.2) is 4.39 Å². The molecule has 0 bridgehead atoms. The van der Waals surface area contributed by atoms with Gasteiger partial charge in [-0.05, 0) is 6.07 Å². The molecule has 0 radical (unpaired) electrons. The molecule has 0 heterocycles. The summed E-state index contributed by atoms with van der Waals surface area (Å²) in [5, 5.41) is 28.0. The van der Waals surface area contributed by atoms with E-state index in [1.807, 2.05) is 0 Å². The van der Waals surface area contributed by atoms with Crippen LogP contribution in [0.4, 0.5) is 4.39 Å². The molecule has 1 aromatic carbocycles. The predicted molar refractivity (Wildman–Crippen MR) is 57.5 cm³/mol. The third-order valence-electron chi connectivity index (χ3n) is 2.25. The SMILES string of the molecule is CC(C)(CO)c1c(Br)cc(F)c(O)c1O. The van der Waals surface area contributed by atoms with E-state index in [1.54, 1.807) is 13.8 Å². The average Bonchev–Trinajstić information content (AvgIpc) is 2.14. The molecule has 15 heavy (non-hydrogen) atoms. The van der Waals surface area contributed by atoms with E-state index in [-0.39, 0.29) is 12.2 Å². The highest BCUT2D eigenvalue weighted by molar-refractivity contribution is 9.10. The second kappa shape index (κ2) is 3.98. The zero-order valence-corrected chi connectivity index (χ0v) is 9.97. The molecule has 0 saturated heterocycles. The maximum Gasteiger partial charge on any atom is 0.194 e. The van der Waals surface area contributed by atoms with Gasteiger partial charge in [-0.15, -0.1) is 0 Å². The van der Waals surface area contributed by atoms with Gasteiger partial charge in [0.05, 0.1) is 6.61 Å². The van der Waals surface area contributed by atoms with Crippen LogP contribution in [0.25, 0.3) is 0 Å². The zero-order chi connectivity index (χ0) is 11.8. The zero-order valence-electron chi connectivity index (χ0n) is 8.38. The van der Waals surface area contributed by atoms with Crippen LogP contribution in [0.2, 0.25) is 0 Å². The van der Waals surface area contributed by atoms with Crippen LogP contribution in [0.5, 0.6) is 11.5 Å². The van der Waals surface area contributed by atoms with Gasteiger partial charge in [0, 0.05) is 15.5 Å². The highest BCUT2D eigenvalue weighted by Gasteiger charge is 2.29. The van der Waals surface area contributed by atoms with Crippen LogP contribution in [0.15, 0.2) is 10.5 Å². The van der Waals surface area contributed by atoms with E-state index < -0.39 is 22.7 Å². The third kappa shape index (κ3) is 2.08. The minimum Gasteiger partial charge on any atom is -0.504 e. The Bertz CT molecular complexity index is 391. The van der Waals surface area contributed by atoms with Crippen molar-refractivity contribution in [3.63, 3.8) is 0 Å². The minimum atomic E-state index is -0.906. The van der Waals surface area contributed by atoms with Crippen molar-refractivity contribution < 1.29 is 19.7 Å². The molecule has 0 spiro atoms. The van der Waals surface area contributed by atoms with Crippen molar-refractivity contribution in [3.05, 3.63) is 21.9 Å². The normalized spacial score (nSPS) is 11.8. The fraction of sp³-hybridized carbons (Fsp3) is 0.400. The van der Waals surface area contributed by atoms with E-state index in [4.69, 9.17) is 5.11 Å². The van der Waals surface area contributed by atoms with Crippen LogP contribution < -0.4 is 0 Å². The molecule has 0 amide bonds. The molecule has 1 aromatic rings. The first-order valence-electron chi connectivity index (χ1n) is 4.32. The van der Waals surface area contributed by atoms with Crippen LogP contribution in [0.1, 0.15) is 19.4 Å². The summed E-state index contributed by atoms with van der Waals surface area (Å²) in [6.07, 6.45) is 0. The van der Waals surface area contributed by atoms with Crippen molar-refractivity contribution in [2.75, 3.05) is 6.61 Å². The van der Waals surface area contributed by atoms with E-state index in [0.29, 0.717) is 4.47 Å². The number of aliphatic hydroxyl groups excluding tert-OH is 1. The highest BCUT2D eigenvalue weighted by atomic mass is 79.9. The Labute approximate surface area is 95.3 Å². The van der Waals surface area contributed by atoms with Crippen molar-refractivity contribution in [2.45, 2.75) is 19.3 Å². The Balaban J connectivity index is 3.49. The van der Waals surface area contributed by atoms with Gasteiger partial charge in [-0.2, -0.15) is 0 Å². The number of aliphatic hydroxyl groups is 1. The van der Waals surface area contributed by atoms with E-state index >= 15 is 0 Å². The summed E-state index contributed by atoms with van der Waals surface area (Å²) >= 11 is 3.09. The number of phenolic OH excluding ortho intramolecular Hbond substituents is 2. The molecule has 0 aliphatic carbocycles. The highest BCUT2D eigenvalue weighted by Crippen LogP contribution is 2.43. The van der Waals surface area contributed by atoms with Gasteiger partial charge < -0.3 is 15.3 Å². The van der Waals surface area contributed by atoms with E-state index in [2.05, 4.69) is 15.9 Å². The topological polar surface area (TPSA) is 60.7 Å². The van der Waals surface area contributed by atoms with Crippen molar-refractivity contribution in [2.24, 2.45) is 0 Å². The standard InChI is InChI=1S/C10H12BrFO3/c1-10(2,4-13)7-5(11)3-6(12)8(14)9(7)15/h3,13-15H,4H2,1-2H3. The first kappa shape index (κ1) is 12.3. The number of hydrogen-bond acceptors (Lipinski definition) is 3. The van der Waals surface area contributed by atoms with Crippen LogP contribution in [0, 0.1) is 5.82 Å². The quantitative estimate of drug-likeness (QED) is 0.728. The smallest absolute Gasteiger partial charge is 0.194 e. The number of halogens is 2. The lowest BCUT2D eigenvalue weighted by atomic mass is 9.84. The van der Waals surface area contributed by atoms with Crippen LogP contribution in [-0.4, -0.2) is 21.9 Å². The second-order valence-electron chi connectivity index (χ2n) is 3.95. The molecule has 0 aliphatic heterocycles. The Morgan fingerprint density at radius 2 is 1.87 bits per heavy atom. The Hall–Kier alpha value is -0.810. The monoisotopic (exact) mass is 278 g/mol. The summed E-state index contributed by atoms with van der Waals surface area (Å²) in [6.45, 7) is 3.11. The van der Waals surface area contributed by atoms with Gasteiger partial charge in [0.25, 0.3) is 0 Å². The Morgan fingerprint density at radius 1 is 1.33 bits per heavy atom. The molecule has 0 unspecified atom stereocenters. The number of rotatable bonds is 2.